The maximum absolute atomic E-state index is 13.5. The number of amides is 1. The fourth-order valence-corrected chi connectivity index (χ4v) is 15.6. The number of hydrogen-bond donors (Lipinski definition) is 12. The second-order valence-corrected chi connectivity index (χ2v) is 32.7. The molecule has 17 atom stereocenters. The molecule has 17 unspecified atom stereocenters. The van der Waals surface area contributed by atoms with Gasteiger partial charge >= 0.3 is 0 Å². The van der Waals surface area contributed by atoms with E-state index in [0.29, 0.717) is 12.8 Å². The average Bonchev–Trinajstić information content (AvgIpc) is 0.780. The van der Waals surface area contributed by atoms with Crippen LogP contribution in [-0.4, -0.2) is 193 Å². The highest BCUT2D eigenvalue weighted by Crippen LogP contribution is 2.34. The second-order valence-electron chi connectivity index (χ2n) is 32.7. The van der Waals surface area contributed by atoms with Crippen LogP contribution in [0.3, 0.4) is 0 Å². The average molecular weight is 1580 g/mol. The van der Waals surface area contributed by atoms with Gasteiger partial charge in [-0.3, -0.25) is 4.79 Å². The summed E-state index contributed by atoms with van der Waals surface area (Å²) in [5.74, 6) is -0.234. The van der Waals surface area contributed by atoms with Gasteiger partial charge in [0.25, 0.3) is 0 Å². The van der Waals surface area contributed by atoms with E-state index >= 15 is 0 Å². The fraction of sp³-hybridized carbons (Fsp3) is 0.880. The van der Waals surface area contributed by atoms with Crippen molar-refractivity contribution in [2.75, 3.05) is 26.4 Å². The highest BCUT2D eigenvalue weighted by Gasteiger charge is 2.54. The summed E-state index contributed by atoms with van der Waals surface area (Å²) in [4.78, 5) is 13.5. The van der Waals surface area contributed by atoms with Crippen LogP contribution in [0.1, 0.15) is 386 Å². The molecule has 0 aromatic rings. The van der Waals surface area contributed by atoms with Crippen molar-refractivity contribution in [3.05, 3.63) is 60.8 Å². The fourth-order valence-electron chi connectivity index (χ4n) is 15.6. The molecule has 0 bridgehead atoms. The zero-order valence-electron chi connectivity index (χ0n) is 70.2. The molecule has 0 spiro atoms. The lowest BCUT2D eigenvalue weighted by atomic mass is 9.96. The summed E-state index contributed by atoms with van der Waals surface area (Å²) < 4.78 is 34.6. The molecule has 3 saturated heterocycles. The van der Waals surface area contributed by atoms with Gasteiger partial charge in [-0.1, -0.05) is 383 Å². The maximum atomic E-state index is 13.5. The van der Waals surface area contributed by atoms with Gasteiger partial charge in [0.1, 0.15) is 73.2 Å². The predicted molar refractivity (Wildman–Crippen MR) is 448 cm³/mol. The molecule has 1 amide bonds. The number of aliphatic hydroxyl groups is 11. The first-order chi connectivity index (χ1) is 54.3. The molecule has 0 aliphatic carbocycles. The molecule has 12 N–H and O–H groups in total. The summed E-state index contributed by atoms with van der Waals surface area (Å²) in [5, 5.41) is 121. The predicted octanol–water partition coefficient (Wildman–Crippen LogP) is 17.7. The van der Waals surface area contributed by atoms with E-state index in [0.717, 1.165) is 77.0 Å². The quantitative estimate of drug-likeness (QED) is 0.0199. The van der Waals surface area contributed by atoms with Crippen molar-refractivity contribution in [2.45, 2.75) is 491 Å². The highest BCUT2D eigenvalue weighted by atomic mass is 16.8. The third-order valence-corrected chi connectivity index (χ3v) is 22.9. The van der Waals surface area contributed by atoms with Crippen LogP contribution in [0.15, 0.2) is 60.8 Å². The number of aliphatic hydroxyl groups excluding tert-OH is 11. The minimum absolute atomic E-state index is 0.234. The van der Waals surface area contributed by atoms with Crippen LogP contribution in [-0.2, 0) is 33.2 Å². The van der Waals surface area contributed by atoms with Crippen LogP contribution in [0, 0.1) is 0 Å². The molecule has 3 aliphatic rings. The topological polar surface area (TPSA) is 307 Å². The smallest absolute Gasteiger partial charge is 0.220 e. The van der Waals surface area contributed by atoms with Crippen molar-refractivity contribution in [1.82, 2.24) is 5.32 Å². The molecule has 650 valence electrons. The van der Waals surface area contributed by atoms with Crippen molar-refractivity contribution in [2.24, 2.45) is 0 Å². The van der Waals surface area contributed by atoms with Gasteiger partial charge in [0.2, 0.25) is 5.91 Å². The van der Waals surface area contributed by atoms with E-state index in [1.54, 1.807) is 0 Å². The van der Waals surface area contributed by atoms with E-state index in [4.69, 9.17) is 28.4 Å². The molecular formula is C92H169NO18. The minimum atomic E-state index is -1.97. The Kier molecular flexibility index (Phi) is 66.2. The lowest BCUT2D eigenvalue weighted by Gasteiger charge is -2.48. The molecule has 0 radical (unpaired) electrons. The Hall–Kier alpha value is -2.51. The number of carbonyl (C=O) groups is 1. The van der Waals surface area contributed by atoms with Gasteiger partial charge in [0.15, 0.2) is 18.9 Å². The monoisotopic (exact) mass is 1580 g/mol. The standard InChI is InChI=1S/C92H169NO18/c1-3-5-7-9-11-13-15-17-19-21-23-25-27-29-30-31-32-33-34-35-36-37-38-39-40-41-42-43-44-46-48-50-52-54-56-58-60-62-64-66-68-70-80(98)93-75(76(97)69-67-65-63-61-59-57-55-53-51-49-47-45-28-26-24-22-20-18-16-14-12-10-8-6-4-2)74-106-90-86(104)83(101)88(78(72-95)108-90)111-92-87(105)84(102)89(79(73-96)109-92)110-91-85(103)82(100)81(99)77(71-94)107-91/h5,7,11,13,17,19,23,25,29-30,75-79,81-92,94-97,99-105H,3-4,6,8-10,12,14-16,18,20-22,24,26-28,31-74H2,1-2H3,(H,93,98)/b7-5-,13-11-,19-17-,25-23-,30-29-. The number of nitrogens with one attached hydrogen (secondary N) is 1. The first-order valence-corrected chi connectivity index (χ1v) is 46.0. The van der Waals surface area contributed by atoms with Crippen LogP contribution in [0.25, 0.3) is 0 Å². The Morgan fingerprint density at radius 3 is 0.973 bits per heavy atom. The Bertz CT molecular complexity index is 2230. The highest BCUT2D eigenvalue weighted by molar-refractivity contribution is 5.76. The summed E-state index contributed by atoms with van der Waals surface area (Å²) in [6.45, 7) is 1.75. The third kappa shape index (κ3) is 50.1. The van der Waals surface area contributed by atoms with Gasteiger partial charge in [-0.05, 0) is 57.8 Å². The molecule has 19 nitrogen and oxygen atoms in total. The minimum Gasteiger partial charge on any atom is -0.394 e. The van der Waals surface area contributed by atoms with Gasteiger partial charge in [-0.2, -0.15) is 0 Å². The van der Waals surface area contributed by atoms with Crippen LogP contribution < -0.4 is 5.32 Å². The molecule has 3 heterocycles. The Morgan fingerprint density at radius 2 is 0.622 bits per heavy atom. The maximum Gasteiger partial charge on any atom is 0.220 e. The first kappa shape index (κ1) is 103. The molecule has 3 rings (SSSR count). The van der Waals surface area contributed by atoms with Crippen molar-refractivity contribution in [3.63, 3.8) is 0 Å². The molecule has 3 fully saturated rings. The summed E-state index contributed by atoms with van der Waals surface area (Å²) in [6, 6.07) is -0.888. The number of hydrogen-bond acceptors (Lipinski definition) is 18. The van der Waals surface area contributed by atoms with Gasteiger partial charge < -0.3 is 89.9 Å². The molecule has 19 heteroatoms. The summed E-state index contributed by atoms with van der Waals surface area (Å²) in [6.07, 6.45) is 67.7. The van der Waals surface area contributed by atoms with E-state index in [1.807, 2.05) is 0 Å². The van der Waals surface area contributed by atoms with E-state index in [1.165, 1.54) is 276 Å². The molecule has 0 aromatic carbocycles. The lowest BCUT2D eigenvalue weighted by molar-refractivity contribution is -0.379. The van der Waals surface area contributed by atoms with Gasteiger partial charge in [0.05, 0.1) is 38.6 Å². The first-order valence-electron chi connectivity index (χ1n) is 46.0. The van der Waals surface area contributed by atoms with Crippen LogP contribution in [0.4, 0.5) is 0 Å². The number of ether oxygens (including phenoxy) is 6. The largest absolute Gasteiger partial charge is 0.394 e. The molecular weight excluding hydrogens is 1410 g/mol. The molecule has 0 aromatic heterocycles. The summed E-state index contributed by atoms with van der Waals surface area (Å²) >= 11 is 0. The third-order valence-electron chi connectivity index (χ3n) is 22.9. The molecule has 111 heavy (non-hydrogen) atoms. The van der Waals surface area contributed by atoms with Gasteiger partial charge in [-0.15, -0.1) is 0 Å². The second kappa shape index (κ2) is 71.6. The SMILES string of the molecule is CC/C=C\C/C=C\C/C=C\C/C=C\C/C=C\CCCCCCCCCCCCCCCCCCCCCCCCCCCC(=O)NC(COC1OC(CO)C(OC2OC(CO)C(OC3OC(CO)C(O)C(O)C3O)C(O)C2O)C(O)C1O)C(O)CCCCCCCCCCCCCCCCCCCCCCCCCCC. The van der Waals surface area contributed by atoms with Crippen molar-refractivity contribution >= 4 is 5.91 Å². The zero-order valence-corrected chi connectivity index (χ0v) is 70.2. The van der Waals surface area contributed by atoms with Crippen molar-refractivity contribution in [1.29, 1.82) is 0 Å². The lowest BCUT2D eigenvalue weighted by Crippen LogP contribution is -2.66. The Morgan fingerprint density at radius 1 is 0.333 bits per heavy atom. The summed E-state index contributed by atoms with van der Waals surface area (Å²) in [5.41, 5.74) is 0. The Balaban J connectivity index is 1.28. The molecule has 3 aliphatic heterocycles. The van der Waals surface area contributed by atoms with Crippen LogP contribution in [0.2, 0.25) is 0 Å². The van der Waals surface area contributed by atoms with Gasteiger partial charge in [-0.25, -0.2) is 0 Å². The van der Waals surface area contributed by atoms with E-state index in [9.17, 15) is 61.0 Å². The number of rotatable bonds is 75. The van der Waals surface area contributed by atoms with E-state index in [2.05, 4.69) is 79.9 Å². The van der Waals surface area contributed by atoms with Crippen molar-refractivity contribution < 1.29 is 89.4 Å². The zero-order chi connectivity index (χ0) is 80.3. The van der Waals surface area contributed by atoms with Gasteiger partial charge in [0, 0.05) is 6.42 Å². The van der Waals surface area contributed by atoms with Crippen LogP contribution in [0.5, 0.6) is 0 Å². The number of unbranched alkanes of at least 4 members (excludes halogenated alkanes) is 49. The number of allylic oxidation sites excluding steroid dienone is 10. The van der Waals surface area contributed by atoms with E-state index < -0.39 is 124 Å². The number of carbonyl (C=O) groups excluding carboxylic acids is 1. The van der Waals surface area contributed by atoms with Crippen molar-refractivity contribution in [3.8, 4) is 0 Å². The molecule has 0 saturated carbocycles. The normalized spacial score (nSPS) is 25.3. The Labute approximate surface area is 675 Å². The van der Waals surface area contributed by atoms with E-state index in [-0.39, 0.29) is 18.9 Å². The summed E-state index contributed by atoms with van der Waals surface area (Å²) in [7, 11) is 0. The van der Waals surface area contributed by atoms with Crippen LogP contribution >= 0.6 is 0 Å².